The number of carbonyl (C=O) groups is 1. The van der Waals surface area contributed by atoms with Gasteiger partial charge in [0.1, 0.15) is 22.8 Å². The van der Waals surface area contributed by atoms with Gasteiger partial charge in [0.2, 0.25) is 5.95 Å². The van der Waals surface area contributed by atoms with Crippen LogP contribution in [0.3, 0.4) is 0 Å². The SMILES string of the molecule is Cc1nccc(-c2nccc(C#Cc3ccc4c(c3)c(F)nn4C(=O)OC(C)(C)C)n2)n1. The number of fused-ring (bicyclic) bond motifs is 1. The lowest BCUT2D eigenvalue weighted by atomic mass is 10.1. The minimum atomic E-state index is -0.780. The lowest BCUT2D eigenvalue weighted by Crippen LogP contribution is -2.27. The zero-order chi connectivity index (χ0) is 22.9. The summed E-state index contributed by atoms with van der Waals surface area (Å²) in [4.78, 5) is 29.3. The van der Waals surface area contributed by atoms with E-state index in [1.165, 1.54) is 6.07 Å². The van der Waals surface area contributed by atoms with Crippen LogP contribution in [0, 0.1) is 24.7 Å². The van der Waals surface area contributed by atoms with Crippen LogP contribution in [0.15, 0.2) is 42.7 Å². The van der Waals surface area contributed by atoms with Crippen LogP contribution in [0.4, 0.5) is 9.18 Å². The van der Waals surface area contributed by atoms with Gasteiger partial charge in [-0.3, -0.25) is 0 Å². The second-order valence-electron chi connectivity index (χ2n) is 7.92. The van der Waals surface area contributed by atoms with Crippen molar-refractivity contribution < 1.29 is 13.9 Å². The first-order valence-electron chi connectivity index (χ1n) is 9.76. The zero-order valence-corrected chi connectivity index (χ0v) is 17.9. The highest BCUT2D eigenvalue weighted by molar-refractivity contribution is 5.89. The van der Waals surface area contributed by atoms with Crippen LogP contribution in [-0.2, 0) is 4.74 Å². The van der Waals surface area contributed by atoms with Crippen LogP contribution < -0.4 is 0 Å². The molecule has 8 nitrogen and oxygen atoms in total. The van der Waals surface area contributed by atoms with Crippen molar-refractivity contribution in [3.63, 3.8) is 0 Å². The minimum absolute atomic E-state index is 0.169. The van der Waals surface area contributed by atoms with Crippen molar-refractivity contribution in [3.8, 4) is 23.4 Å². The molecule has 0 N–H and O–H groups in total. The van der Waals surface area contributed by atoms with Gasteiger partial charge in [-0.2, -0.15) is 9.07 Å². The Labute approximate surface area is 183 Å². The standard InChI is InChI=1S/C23H19FN6O2/c1-14-25-12-10-18(27-14)21-26-11-9-16(28-21)7-5-15-6-8-19-17(13-15)20(24)29-30(19)22(31)32-23(2,3)4/h6,8-13H,1-4H3. The maximum atomic E-state index is 14.4. The van der Waals surface area contributed by atoms with Gasteiger partial charge in [0.25, 0.3) is 0 Å². The molecule has 0 aliphatic rings. The number of carbonyl (C=O) groups excluding carboxylic acids is 1. The van der Waals surface area contributed by atoms with Crippen molar-refractivity contribution in [1.29, 1.82) is 0 Å². The van der Waals surface area contributed by atoms with Crippen LogP contribution in [0.25, 0.3) is 22.4 Å². The summed E-state index contributed by atoms with van der Waals surface area (Å²) in [6.07, 6.45) is 2.48. The van der Waals surface area contributed by atoms with Crippen molar-refractivity contribution in [2.45, 2.75) is 33.3 Å². The molecule has 0 aliphatic carbocycles. The second kappa shape index (κ2) is 8.15. The summed E-state index contributed by atoms with van der Waals surface area (Å²) < 4.78 is 20.6. The molecule has 0 atom stereocenters. The van der Waals surface area contributed by atoms with E-state index in [1.54, 1.807) is 64.4 Å². The molecule has 4 aromatic rings. The molecular formula is C23H19FN6O2. The number of hydrogen-bond acceptors (Lipinski definition) is 7. The molecule has 0 unspecified atom stereocenters. The number of ether oxygens (including phenoxy) is 1. The number of benzene rings is 1. The van der Waals surface area contributed by atoms with Crippen LogP contribution in [0.1, 0.15) is 37.9 Å². The quantitative estimate of drug-likeness (QED) is 0.423. The number of hydrogen-bond donors (Lipinski definition) is 0. The number of halogens is 1. The summed E-state index contributed by atoms with van der Waals surface area (Å²) in [7, 11) is 0. The fourth-order valence-corrected chi connectivity index (χ4v) is 2.87. The maximum absolute atomic E-state index is 14.4. The zero-order valence-electron chi connectivity index (χ0n) is 17.9. The van der Waals surface area contributed by atoms with Gasteiger partial charge in [-0.15, -0.1) is 5.10 Å². The maximum Gasteiger partial charge on any atom is 0.435 e. The van der Waals surface area contributed by atoms with E-state index in [4.69, 9.17) is 4.74 Å². The monoisotopic (exact) mass is 430 g/mol. The van der Waals surface area contributed by atoms with E-state index in [0.29, 0.717) is 34.1 Å². The molecule has 32 heavy (non-hydrogen) atoms. The lowest BCUT2D eigenvalue weighted by Gasteiger charge is -2.19. The molecule has 0 fully saturated rings. The Morgan fingerprint density at radius 3 is 2.59 bits per heavy atom. The molecule has 0 radical (unpaired) electrons. The Morgan fingerprint density at radius 1 is 1.06 bits per heavy atom. The van der Waals surface area contributed by atoms with Gasteiger partial charge < -0.3 is 4.74 Å². The van der Waals surface area contributed by atoms with Crippen molar-refractivity contribution in [2.75, 3.05) is 0 Å². The highest BCUT2D eigenvalue weighted by Gasteiger charge is 2.22. The smallest absolute Gasteiger partial charge is 0.435 e. The topological polar surface area (TPSA) is 95.7 Å². The Bertz CT molecular complexity index is 1400. The van der Waals surface area contributed by atoms with Gasteiger partial charge in [0, 0.05) is 18.0 Å². The van der Waals surface area contributed by atoms with Gasteiger partial charge in [-0.25, -0.2) is 24.7 Å². The van der Waals surface area contributed by atoms with Gasteiger partial charge >= 0.3 is 6.09 Å². The molecule has 0 saturated heterocycles. The van der Waals surface area contributed by atoms with Crippen molar-refractivity contribution in [1.82, 2.24) is 29.7 Å². The largest absolute Gasteiger partial charge is 0.442 e. The van der Waals surface area contributed by atoms with Gasteiger partial charge in [0.05, 0.1) is 10.9 Å². The molecule has 1 aromatic carbocycles. The number of aromatic nitrogens is 6. The molecule has 4 rings (SSSR count). The third kappa shape index (κ3) is 4.59. The van der Waals surface area contributed by atoms with E-state index in [9.17, 15) is 9.18 Å². The van der Waals surface area contributed by atoms with Gasteiger partial charge in [0.15, 0.2) is 5.82 Å². The second-order valence-corrected chi connectivity index (χ2v) is 7.92. The first-order chi connectivity index (χ1) is 15.2. The summed E-state index contributed by atoms with van der Waals surface area (Å²) in [5.74, 6) is 6.17. The molecule has 0 saturated carbocycles. The molecule has 0 aliphatic heterocycles. The number of rotatable bonds is 1. The first kappa shape index (κ1) is 21.1. The van der Waals surface area contributed by atoms with Crippen molar-refractivity contribution in [2.24, 2.45) is 0 Å². The summed E-state index contributed by atoms with van der Waals surface area (Å²) >= 11 is 0. The summed E-state index contributed by atoms with van der Waals surface area (Å²) in [5.41, 5.74) is 1.19. The van der Waals surface area contributed by atoms with Gasteiger partial charge in [-0.1, -0.05) is 5.92 Å². The predicted molar refractivity (Wildman–Crippen MR) is 115 cm³/mol. The average Bonchev–Trinajstić information content (AvgIpc) is 3.07. The highest BCUT2D eigenvalue weighted by atomic mass is 19.1. The molecule has 160 valence electrons. The Balaban J connectivity index is 1.64. The number of aryl methyl sites for hydroxylation is 1. The van der Waals surface area contributed by atoms with Crippen molar-refractivity contribution >= 4 is 17.0 Å². The minimum Gasteiger partial charge on any atom is -0.442 e. The molecule has 0 bridgehead atoms. The summed E-state index contributed by atoms with van der Waals surface area (Å²) in [6, 6.07) is 8.17. The molecule has 3 aromatic heterocycles. The van der Waals surface area contributed by atoms with E-state index >= 15 is 0 Å². The van der Waals surface area contributed by atoms with Crippen LogP contribution in [0.2, 0.25) is 0 Å². The normalized spacial score (nSPS) is 11.2. The molecule has 0 amide bonds. The van der Waals surface area contributed by atoms with E-state index in [-0.39, 0.29) is 5.39 Å². The highest BCUT2D eigenvalue weighted by Crippen LogP contribution is 2.21. The van der Waals surface area contributed by atoms with Crippen LogP contribution in [0.5, 0.6) is 0 Å². The molecule has 3 heterocycles. The summed E-state index contributed by atoms with van der Waals surface area (Å²) in [6.45, 7) is 6.97. The number of nitrogens with zero attached hydrogens (tertiary/aromatic N) is 6. The summed E-state index contributed by atoms with van der Waals surface area (Å²) in [5, 5.41) is 3.85. The Kier molecular flexibility index (Phi) is 5.36. The predicted octanol–water partition coefficient (Wildman–Crippen LogP) is 3.91. The van der Waals surface area contributed by atoms with E-state index in [2.05, 4.69) is 36.9 Å². The van der Waals surface area contributed by atoms with Crippen LogP contribution in [-0.4, -0.2) is 41.4 Å². The lowest BCUT2D eigenvalue weighted by molar-refractivity contribution is 0.0519. The molecular weight excluding hydrogens is 411 g/mol. The van der Waals surface area contributed by atoms with Gasteiger partial charge in [-0.05, 0) is 63.9 Å². The Hall–Kier alpha value is -4.19. The van der Waals surface area contributed by atoms with Crippen LogP contribution >= 0.6 is 0 Å². The van der Waals surface area contributed by atoms with E-state index in [1.807, 2.05) is 0 Å². The third-order valence-corrected chi connectivity index (χ3v) is 4.20. The Morgan fingerprint density at radius 2 is 1.84 bits per heavy atom. The fourth-order valence-electron chi connectivity index (χ4n) is 2.87. The fraction of sp³-hybridized carbons (Fsp3) is 0.217. The van der Waals surface area contributed by atoms with Crippen molar-refractivity contribution in [3.05, 3.63) is 65.8 Å². The van der Waals surface area contributed by atoms with E-state index in [0.717, 1.165) is 4.68 Å². The average molecular weight is 430 g/mol. The first-order valence-corrected chi connectivity index (χ1v) is 9.76. The van der Waals surface area contributed by atoms with E-state index < -0.39 is 17.6 Å². The molecule has 9 heteroatoms. The third-order valence-electron chi connectivity index (χ3n) is 4.20. The molecule has 0 spiro atoms.